The average Bonchev–Trinajstić information content (AvgIpc) is 2.97. The standard InChI is InChI=1S/C30H39N5O4/c1-3-23-5-4-6-24(17-23)25-18-26(33-22(2)37)27(31-19-25)28(38)35-14-12-34(13-15-35)20-30-9-7-29(8-10-30,21-39-30)32-11-16-36/h4-6,16-19,32H,3,7-15,20-21H2,1-2H3,(H,33,37). The van der Waals surface area contributed by atoms with E-state index in [0.29, 0.717) is 31.9 Å². The number of ether oxygens (including phenoxy) is 1. The first-order valence-electron chi connectivity index (χ1n) is 14.1. The van der Waals surface area contributed by atoms with E-state index in [1.807, 2.05) is 23.1 Å². The summed E-state index contributed by atoms with van der Waals surface area (Å²) in [5, 5.41) is 6.21. The lowest BCUT2D eigenvalue weighted by molar-refractivity contribution is -0.172. The molecule has 3 aliphatic heterocycles. The Hall–Kier alpha value is -3.14. The second-order valence-electron chi connectivity index (χ2n) is 11.2. The van der Waals surface area contributed by atoms with E-state index in [2.05, 4.69) is 39.6 Å². The number of hydrogen-bond donors (Lipinski definition) is 2. The van der Waals surface area contributed by atoms with Crippen molar-refractivity contribution in [1.82, 2.24) is 20.1 Å². The van der Waals surface area contributed by atoms with Crippen molar-refractivity contribution in [2.24, 2.45) is 0 Å². The number of aromatic nitrogens is 1. The quantitative estimate of drug-likeness (QED) is 0.478. The molecule has 6 rings (SSSR count). The molecule has 4 heterocycles. The predicted molar refractivity (Wildman–Crippen MR) is 150 cm³/mol. The number of aldehydes is 1. The zero-order valence-corrected chi connectivity index (χ0v) is 23.0. The Balaban J connectivity index is 1.22. The van der Waals surface area contributed by atoms with Crippen LogP contribution in [-0.2, 0) is 20.7 Å². The van der Waals surface area contributed by atoms with E-state index in [1.54, 1.807) is 6.20 Å². The first-order chi connectivity index (χ1) is 18.8. The number of amides is 2. The highest BCUT2D eigenvalue weighted by atomic mass is 16.5. The SMILES string of the molecule is CCc1cccc(-c2cnc(C(=O)N3CCN(CC45CCC(NCC=O)(CC4)CO5)CC3)c(NC(C)=O)c2)c1. The van der Waals surface area contributed by atoms with Crippen molar-refractivity contribution in [2.75, 3.05) is 51.2 Å². The topological polar surface area (TPSA) is 104 Å². The summed E-state index contributed by atoms with van der Waals surface area (Å²) in [6.45, 7) is 8.17. The third-order valence-corrected chi connectivity index (χ3v) is 8.57. The maximum absolute atomic E-state index is 13.5. The third-order valence-electron chi connectivity index (χ3n) is 8.57. The van der Waals surface area contributed by atoms with Gasteiger partial charge in [-0.1, -0.05) is 31.2 Å². The molecule has 2 N–H and O–H groups in total. The molecule has 9 heteroatoms. The molecule has 0 spiro atoms. The van der Waals surface area contributed by atoms with Gasteiger partial charge >= 0.3 is 0 Å². The summed E-state index contributed by atoms with van der Waals surface area (Å²) in [5.74, 6) is -0.400. The van der Waals surface area contributed by atoms with E-state index < -0.39 is 0 Å². The van der Waals surface area contributed by atoms with Crippen molar-refractivity contribution in [3.8, 4) is 11.1 Å². The summed E-state index contributed by atoms with van der Waals surface area (Å²) in [7, 11) is 0. The van der Waals surface area contributed by atoms with Crippen LogP contribution in [0.2, 0.25) is 0 Å². The van der Waals surface area contributed by atoms with Crippen molar-refractivity contribution >= 4 is 23.8 Å². The van der Waals surface area contributed by atoms with Gasteiger partial charge in [0, 0.05) is 56.9 Å². The molecule has 2 aromatic rings. The fourth-order valence-electron chi connectivity index (χ4n) is 6.17. The van der Waals surface area contributed by atoms with Gasteiger partial charge < -0.3 is 25.1 Å². The zero-order valence-electron chi connectivity index (χ0n) is 23.0. The molecule has 1 aliphatic carbocycles. The Morgan fingerprint density at radius 2 is 1.85 bits per heavy atom. The second-order valence-corrected chi connectivity index (χ2v) is 11.2. The van der Waals surface area contributed by atoms with E-state index in [4.69, 9.17) is 4.74 Å². The van der Waals surface area contributed by atoms with E-state index >= 15 is 0 Å². The van der Waals surface area contributed by atoms with Crippen LogP contribution in [0.4, 0.5) is 5.69 Å². The fourth-order valence-corrected chi connectivity index (χ4v) is 6.17. The molecule has 9 nitrogen and oxygen atoms in total. The molecular weight excluding hydrogens is 494 g/mol. The summed E-state index contributed by atoms with van der Waals surface area (Å²) in [5.41, 5.74) is 3.60. The number of nitrogens with one attached hydrogen (secondary N) is 2. The molecule has 3 saturated heterocycles. The summed E-state index contributed by atoms with van der Waals surface area (Å²) < 4.78 is 6.38. The van der Waals surface area contributed by atoms with Crippen molar-refractivity contribution in [2.45, 2.75) is 57.1 Å². The molecule has 2 amide bonds. The summed E-state index contributed by atoms with van der Waals surface area (Å²) >= 11 is 0. The summed E-state index contributed by atoms with van der Waals surface area (Å²) in [6, 6.07) is 10.1. The number of nitrogens with zero attached hydrogens (tertiary/aromatic N) is 3. The molecule has 0 unspecified atom stereocenters. The Morgan fingerprint density at radius 1 is 1.08 bits per heavy atom. The number of fused-ring (bicyclic) bond motifs is 3. The van der Waals surface area contributed by atoms with Crippen LogP contribution >= 0.6 is 0 Å². The maximum Gasteiger partial charge on any atom is 0.274 e. The highest BCUT2D eigenvalue weighted by molar-refractivity contribution is 6.02. The number of anilines is 1. The van der Waals surface area contributed by atoms with Crippen LogP contribution in [0.5, 0.6) is 0 Å². The van der Waals surface area contributed by atoms with Crippen LogP contribution in [0.1, 0.15) is 55.6 Å². The van der Waals surface area contributed by atoms with E-state index in [0.717, 1.165) is 69.2 Å². The molecule has 1 aromatic heterocycles. The Kier molecular flexibility index (Phi) is 8.11. The van der Waals surface area contributed by atoms with Gasteiger partial charge in [0.2, 0.25) is 5.91 Å². The predicted octanol–water partition coefficient (Wildman–Crippen LogP) is 2.90. The monoisotopic (exact) mass is 533 g/mol. The highest BCUT2D eigenvalue weighted by Gasteiger charge is 2.50. The number of pyridine rings is 1. The molecule has 2 bridgehead atoms. The van der Waals surface area contributed by atoms with Crippen LogP contribution in [-0.4, -0.2) is 89.9 Å². The van der Waals surface area contributed by atoms with Gasteiger partial charge in [-0.15, -0.1) is 0 Å². The fraction of sp³-hybridized carbons (Fsp3) is 0.533. The van der Waals surface area contributed by atoms with Gasteiger partial charge in [0.15, 0.2) is 5.69 Å². The number of aryl methyl sites for hydroxylation is 1. The summed E-state index contributed by atoms with van der Waals surface area (Å²) in [6.07, 6.45) is 7.57. The molecule has 0 radical (unpaired) electrons. The first-order valence-corrected chi connectivity index (χ1v) is 14.1. The van der Waals surface area contributed by atoms with Gasteiger partial charge in [0.05, 0.1) is 24.4 Å². The van der Waals surface area contributed by atoms with Gasteiger partial charge in [0.25, 0.3) is 5.91 Å². The van der Waals surface area contributed by atoms with Crippen LogP contribution in [0, 0.1) is 0 Å². The van der Waals surface area contributed by atoms with Gasteiger partial charge in [0.1, 0.15) is 6.29 Å². The van der Waals surface area contributed by atoms with Crippen molar-refractivity contribution in [1.29, 1.82) is 0 Å². The van der Waals surface area contributed by atoms with Crippen LogP contribution in [0.15, 0.2) is 36.5 Å². The van der Waals surface area contributed by atoms with E-state index in [1.165, 1.54) is 12.5 Å². The Labute approximate surface area is 230 Å². The average molecular weight is 534 g/mol. The van der Waals surface area contributed by atoms with Crippen LogP contribution in [0.3, 0.4) is 0 Å². The second kappa shape index (κ2) is 11.5. The Morgan fingerprint density at radius 3 is 2.49 bits per heavy atom. The molecule has 39 heavy (non-hydrogen) atoms. The minimum absolute atomic E-state index is 0.0548. The molecular formula is C30H39N5O4. The normalized spacial score (nSPS) is 24.9. The Bertz CT molecular complexity index is 1200. The van der Waals surface area contributed by atoms with Gasteiger partial charge in [-0.3, -0.25) is 14.5 Å². The molecule has 4 aliphatic rings. The van der Waals surface area contributed by atoms with E-state index in [-0.39, 0.29) is 28.6 Å². The molecule has 0 atom stereocenters. The number of hydrogen-bond acceptors (Lipinski definition) is 7. The lowest BCUT2D eigenvalue weighted by Gasteiger charge is -2.55. The van der Waals surface area contributed by atoms with Gasteiger partial charge in [-0.25, -0.2) is 4.98 Å². The number of rotatable bonds is 9. The van der Waals surface area contributed by atoms with E-state index in [9.17, 15) is 14.4 Å². The lowest BCUT2D eigenvalue weighted by Crippen LogP contribution is -2.65. The molecule has 1 saturated carbocycles. The van der Waals surface area contributed by atoms with Gasteiger partial charge in [-0.05, 0) is 49.3 Å². The van der Waals surface area contributed by atoms with Gasteiger partial charge in [-0.2, -0.15) is 0 Å². The number of carbonyl (C=O) groups is 3. The number of carbonyl (C=O) groups excluding carboxylic acids is 3. The van der Waals surface area contributed by atoms with Crippen molar-refractivity contribution < 1.29 is 19.1 Å². The largest absolute Gasteiger partial charge is 0.372 e. The number of piperazine rings is 1. The first kappa shape index (κ1) is 27.4. The van der Waals surface area contributed by atoms with Crippen LogP contribution < -0.4 is 10.6 Å². The highest BCUT2D eigenvalue weighted by Crippen LogP contribution is 2.44. The summed E-state index contributed by atoms with van der Waals surface area (Å²) in [4.78, 5) is 45.1. The smallest absolute Gasteiger partial charge is 0.274 e. The molecule has 1 aromatic carbocycles. The molecule has 4 fully saturated rings. The lowest BCUT2D eigenvalue weighted by atomic mass is 9.71. The zero-order chi connectivity index (χ0) is 27.5. The number of benzene rings is 1. The minimum Gasteiger partial charge on any atom is -0.372 e. The minimum atomic E-state index is -0.236. The van der Waals surface area contributed by atoms with Crippen LogP contribution in [0.25, 0.3) is 11.1 Å². The van der Waals surface area contributed by atoms with Crippen molar-refractivity contribution in [3.63, 3.8) is 0 Å². The maximum atomic E-state index is 13.5. The molecule has 208 valence electrons. The third kappa shape index (κ3) is 6.05. The van der Waals surface area contributed by atoms with Crippen molar-refractivity contribution in [3.05, 3.63) is 47.8 Å².